The van der Waals surface area contributed by atoms with E-state index in [1.807, 2.05) is 79.3 Å². The number of hydrogen-bond acceptors (Lipinski definition) is 3. The Morgan fingerprint density at radius 1 is 0.935 bits per heavy atom. The second-order valence-corrected chi connectivity index (χ2v) is 8.43. The van der Waals surface area contributed by atoms with Crippen molar-refractivity contribution in [2.45, 2.75) is 19.3 Å². The summed E-state index contributed by atoms with van der Waals surface area (Å²) >= 11 is 0. The molecule has 0 bridgehead atoms. The standard InChI is InChI=1S/C26H24N2O3/c1-27(2)22-14-12-20(17-7-3-4-8-18(17)22)25(29)28-23-10-6-5-9-19(23)21-15-16(26(30)31)11-13-24(21)28/h3-10,12,14,16H,11,13,15H2,1-2H3,(H,30,31). The van der Waals surface area contributed by atoms with Crippen molar-refractivity contribution in [2.75, 3.05) is 19.0 Å². The van der Waals surface area contributed by atoms with E-state index in [0.29, 0.717) is 24.8 Å². The highest BCUT2D eigenvalue weighted by molar-refractivity contribution is 6.14. The number of aromatic nitrogens is 1. The molecule has 31 heavy (non-hydrogen) atoms. The van der Waals surface area contributed by atoms with Crippen molar-refractivity contribution in [3.8, 4) is 0 Å². The second kappa shape index (κ2) is 7.27. The van der Waals surface area contributed by atoms with Crippen LogP contribution >= 0.6 is 0 Å². The summed E-state index contributed by atoms with van der Waals surface area (Å²) in [7, 11) is 4.00. The molecule has 5 nitrogen and oxygen atoms in total. The van der Waals surface area contributed by atoms with Crippen LogP contribution in [0.3, 0.4) is 0 Å². The van der Waals surface area contributed by atoms with Gasteiger partial charge in [-0.2, -0.15) is 0 Å². The van der Waals surface area contributed by atoms with Crippen LogP contribution in [0.5, 0.6) is 0 Å². The molecule has 0 amide bonds. The lowest BCUT2D eigenvalue weighted by atomic mass is 9.86. The number of carboxylic acid groups (broad SMARTS) is 1. The number of anilines is 1. The molecule has 4 aromatic rings. The summed E-state index contributed by atoms with van der Waals surface area (Å²) in [5, 5.41) is 12.5. The van der Waals surface area contributed by atoms with Gasteiger partial charge in [0, 0.05) is 41.8 Å². The topological polar surface area (TPSA) is 62.5 Å². The van der Waals surface area contributed by atoms with E-state index in [1.54, 1.807) is 0 Å². The number of fused-ring (bicyclic) bond motifs is 4. The first-order valence-electron chi connectivity index (χ1n) is 10.5. The van der Waals surface area contributed by atoms with Crippen LogP contribution in [0.15, 0.2) is 60.7 Å². The van der Waals surface area contributed by atoms with Gasteiger partial charge in [-0.3, -0.25) is 14.2 Å². The van der Waals surface area contributed by atoms with E-state index in [9.17, 15) is 14.7 Å². The third-order valence-corrected chi connectivity index (χ3v) is 6.43. The highest BCUT2D eigenvalue weighted by Crippen LogP contribution is 2.36. The summed E-state index contributed by atoms with van der Waals surface area (Å²) in [5.74, 6) is -1.23. The van der Waals surface area contributed by atoms with Crippen molar-refractivity contribution in [3.05, 3.63) is 77.5 Å². The van der Waals surface area contributed by atoms with Gasteiger partial charge in [0.25, 0.3) is 5.91 Å². The Balaban J connectivity index is 1.73. The van der Waals surface area contributed by atoms with Crippen molar-refractivity contribution >= 4 is 39.2 Å². The van der Waals surface area contributed by atoms with E-state index in [4.69, 9.17) is 0 Å². The zero-order valence-corrected chi connectivity index (χ0v) is 17.6. The Bertz CT molecular complexity index is 1350. The maximum Gasteiger partial charge on any atom is 0.306 e. The molecule has 1 N–H and O–H groups in total. The molecule has 0 radical (unpaired) electrons. The number of rotatable bonds is 3. The Morgan fingerprint density at radius 3 is 2.32 bits per heavy atom. The molecule has 0 saturated heterocycles. The highest BCUT2D eigenvalue weighted by Gasteiger charge is 2.31. The quantitative estimate of drug-likeness (QED) is 0.528. The molecule has 1 unspecified atom stereocenters. The van der Waals surface area contributed by atoms with E-state index in [0.717, 1.165) is 38.6 Å². The van der Waals surface area contributed by atoms with E-state index >= 15 is 0 Å². The SMILES string of the molecule is CN(C)c1ccc(C(=O)n2c3c(c4ccccc42)CC(C(=O)O)CC3)c2ccccc12. The molecule has 1 aliphatic rings. The predicted molar refractivity (Wildman–Crippen MR) is 123 cm³/mol. The molecule has 0 fully saturated rings. The third-order valence-electron chi connectivity index (χ3n) is 6.43. The normalized spacial score (nSPS) is 15.7. The second-order valence-electron chi connectivity index (χ2n) is 8.43. The molecule has 5 heteroatoms. The number of benzene rings is 3. The Hall–Kier alpha value is -3.60. The van der Waals surface area contributed by atoms with Crippen molar-refractivity contribution in [1.82, 2.24) is 4.57 Å². The van der Waals surface area contributed by atoms with Crippen LogP contribution < -0.4 is 4.90 Å². The largest absolute Gasteiger partial charge is 0.481 e. The summed E-state index contributed by atoms with van der Waals surface area (Å²) in [4.78, 5) is 27.6. The van der Waals surface area contributed by atoms with Gasteiger partial charge in [0.05, 0.1) is 11.4 Å². The fourth-order valence-electron chi connectivity index (χ4n) is 4.93. The van der Waals surface area contributed by atoms with Gasteiger partial charge in [0.15, 0.2) is 0 Å². The molecule has 1 aliphatic carbocycles. The van der Waals surface area contributed by atoms with E-state index < -0.39 is 11.9 Å². The number of carbonyl (C=O) groups is 2. The van der Waals surface area contributed by atoms with Gasteiger partial charge in [-0.1, -0.05) is 42.5 Å². The van der Waals surface area contributed by atoms with Gasteiger partial charge in [-0.25, -0.2) is 0 Å². The first kappa shape index (κ1) is 19.4. The predicted octanol–water partition coefficient (Wildman–Crippen LogP) is 4.74. The molecule has 0 aliphatic heterocycles. The maximum absolute atomic E-state index is 13.9. The molecule has 0 saturated carbocycles. The fraction of sp³-hybridized carbons (Fsp3) is 0.231. The minimum absolute atomic E-state index is 0.0623. The van der Waals surface area contributed by atoms with Gasteiger partial charge in [0.1, 0.15) is 0 Å². The number of hydrogen-bond donors (Lipinski definition) is 1. The summed E-state index contributed by atoms with van der Waals surface area (Å²) in [5.41, 5.74) is 4.52. The monoisotopic (exact) mass is 412 g/mol. The van der Waals surface area contributed by atoms with Crippen LogP contribution in [0.4, 0.5) is 5.69 Å². The van der Waals surface area contributed by atoms with Crippen molar-refractivity contribution in [3.63, 3.8) is 0 Å². The average molecular weight is 412 g/mol. The number of para-hydroxylation sites is 1. The molecule has 156 valence electrons. The smallest absolute Gasteiger partial charge is 0.306 e. The maximum atomic E-state index is 13.9. The average Bonchev–Trinajstić information content (AvgIpc) is 3.11. The summed E-state index contributed by atoms with van der Waals surface area (Å²) in [6.07, 6.45) is 1.60. The Morgan fingerprint density at radius 2 is 1.61 bits per heavy atom. The van der Waals surface area contributed by atoms with Crippen molar-refractivity contribution < 1.29 is 14.7 Å². The minimum Gasteiger partial charge on any atom is -0.481 e. The van der Waals surface area contributed by atoms with Crippen molar-refractivity contribution in [2.24, 2.45) is 5.92 Å². The van der Waals surface area contributed by atoms with Gasteiger partial charge in [-0.15, -0.1) is 0 Å². The van der Waals surface area contributed by atoms with Crippen LogP contribution in [-0.2, 0) is 17.6 Å². The summed E-state index contributed by atoms with van der Waals surface area (Å²) in [6, 6.07) is 19.7. The van der Waals surface area contributed by atoms with E-state index in [1.165, 1.54) is 0 Å². The zero-order valence-electron chi connectivity index (χ0n) is 17.6. The van der Waals surface area contributed by atoms with Gasteiger partial charge in [-0.05, 0) is 48.4 Å². The lowest BCUT2D eigenvalue weighted by Gasteiger charge is -2.21. The molecule has 3 aromatic carbocycles. The molecular formula is C26H24N2O3. The van der Waals surface area contributed by atoms with Crippen LogP contribution in [0.2, 0.25) is 0 Å². The summed E-state index contributed by atoms with van der Waals surface area (Å²) < 4.78 is 1.82. The van der Waals surface area contributed by atoms with E-state index in [-0.39, 0.29) is 5.91 Å². The first-order valence-corrected chi connectivity index (χ1v) is 10.5. The molecule has 1 aromatic heterocycles. The fourth-order valence-corrected chi connectivity index (χ4v) is 4.93. The van der Waals surface area contributed by atoms with Gasteiger partial charge in [0.2, 0.25) is 0 Å². The van der Waals surface area contributed by atoms with Crippen LogP contribution in [-0.4, -0.2) is 35.6 Å². The third kappa shape index (κ3) is 3.00. The molecule has 0 spiro atoms. The lowest BCUT2D eigenvalue weighted by Crippen LogP contribution is -2.24. The zero-order chi connectivity index (χ0) is 21.7. The van der Waals surface area contributed by atoms with Crippen molar-refractivity contribution in [1.29, 1.82) is 0 Å². The van der Waals surface area contributed by atoms with Gasteiger partial charge < -0.3 is 10.0 Å². The number of nitrogens with zero attached hydrogens (tertiary/aromatic N) is 2. The molecular weight excluding hydrogens is 388 g/mol. The molecule has 5 rings (SSSR count). The number of carbonyl (C=O) groups excluding carboxylic acids is 1. The minimum atomic E-state index is -0.765. The number of carboxylic acids is 1. The lowest BCUT2D eigenvalue weighted by molar-refractivity contribution is -0.142. The molecule has 1 heterocycles. The summed E-state index contributed by atoms with van der Waals surface area (Å²) in [6.45, 7) is 0. The van der Waals surface area contributed by atoms with Crippen LogP contribution in [0.1, 0.15) is 28.0 Å². The Kier molecular flexibility index (Phi) is 4.54. The first-order chi connectivity index (χ1) is 15.0. The van der Waals surface area contributed by atoms with Gasteiger partial charge >= 0.3 is 5.97 Å². The molecule has 1 atom stereocenters. The van der Waals surface area contributed by atoms with Crippen LogP contribution in [0, 0.1) is 5.92 Å². The highest BCUT2D eigenvalue weighted by atomic mass is 16.4. The van der Waals surface area contributed by atoms with E-state index in [2.05, 4.69) is 4.90 Å². The Labute approximate surface area is 180 Å². The van der Waals surface area contributed by atoms with Crippen LogP contribution in [0.25, 0.3) is 21.7 Å². The number of aliphatic carboxylic acids is 1.